The van der Waals surface area contributed by atoms with Gasteiger partial charge in [-0.15, -0.1) is 5.10 Å². The molecule has 2 aromatic carbocycles. The molecule has 1 aromatic heterocycles. The number of nitrogens with one attached hydrogen (secondary N) is 1. The minimum absolute atomic E-state index is 0.240. The fraction of sp³-hybridized carbons (Fsp3) is 0.278. The Bertz CT molecular complexity index is 824. The number of ether oxygens (including phenoxy) is 1. The molecule has 0 bridgehead atoms. The largest absolute Gasteiger partial charge is 0.489 e. The van der Waals surface area contributed by atoms with E-state index in [2.05, 4.69) is 26.9 Å². The van der Waals surface area contributed by atoms with Gasteiger partial charge < -0.3 is 10.1 Å². The molecule has 3 aromatic rings. The molecule has 6 nitrogen and oxygen atoms in total. The van der Waals surface area contributed by atoms with E-state index in [-0.39, 0.29) is 5.82 Å². The fourth-order valence-corrected chi connectivity index (χ4v) is 3.03. The van der Waals surface area contributed by atoms with Crippen molar-refractivity contribution in [3.63, 3.8) is 0 Å². The van der Waals surface area contributed by atoms with E-state index in [0.717, 1.165) is 40.9 Å². The van der Waals surface area contributed by atoms with Crippen LogP contribution in [0.1, 0.15) is 11.1 Å². The normalized spacial score (nSPS) is 10.8. The highest BCUT2D eigenvalue weighted by molar-refractivity contribution is 7.99. The van der Waals surface area contributed by atoms with Crippen LogP contribution in [0.25, 0.3) is 0 Å². The second-order valence-electron chi connectivity index (χ2n) is 5.67. The first kappa shape index (κ1) is 18.3. The zero-order valence-corrected chi connectivity index (χ0v) is 15.2. The average Bonchev–Trinajstić information content (AvgIpc) is 3.06. The first-order valence-corrected chi connectivity index (χ1v) is 9.21. The van der Waals surface area contributed by atoms with Crippen molar-refractivity contribution in [3.05, 3.63) is 65.5 Å². The Morgan fingerprint density at radius 2 is 2.00 bits per heavy atom. The monoisotopic (exact) mass is 373 g/mol. The minimum atomic E-state index is -0.240. The molecule has 1 heterocycles. The third-order valence-electron chi connectivity index (χ3n) is 3.64. The summed E-state index contributed by atoms with van der Waals surface area (Å²) in [4.78, 5) is 0. The van der Waals surface area contributed by atoms with Crippen molar-refractivity contribution in [2.45, 2.75) is 18.3 Å². The van der Waals surface area contributed by atoms with Crippen molar-refractivity contribution in [2.24, 2.45) is 7.05 Å². The van der Waals surface area contributed by atoms with Gasteiger partial charge in [-0.2, -0.15) is 0 Å². The van der Waals surface area contributed by atoms with Gasteiger partial charge in [0.25, 0.3) is 0 Å². The quantitative estimate of drug-likeness (QED) is 0.460. The second-order valence-corrected chi connectivity index (χ2v) is 6.73. The number of rotatable bonds is 9. The molecule has 0 radical (unpaired) electrons. The molecule has 0 aliphatic heterocycles. The maximum Gasteiger partial charge on any atom is 0.209 e. The predicted octanol–water partition coefficient (Wildman–Crippen LogP) is 2.81. The van der Waals surface area contributed by atoms with E-state index in [1.165, 1.54) is 12.1 Å². The van der Waals surface area contributed by atoms with E-state index >= 15 is 0 Å². The summed E-state index contributed by atoms with van der Waals surface area (Å²) < 4.78 is 20.4. The standard InChI is InChI=1S/C18H20FN5OS/c1-24-18(21-22-23-24)26-10-9-20-12-15-3-2-4-17(11-15)25-13-14-5-7-16(19)8-6-14/h2-8,11,20H,9-10,12-13H2,1H3. The van der Waals surface area contributed by atoms with Crippen molar-refractivity contribution in [3.8, 4) is 5.75 Å². The van der Waals surface area contributed by atoms with E-state index in [9.17, 15) is 4.39 Å². The zero-order valence-electron chi connectivity index (χ0n) is 14.4. The van der Waals surface area contributed by atoms with Gasteiger partial charge in [-0.25, -0.2) is 9.07 Å². The Morgan fingerprint density at radius 3 is 2.77 bits per heavy atom. The van der Waals surface area contributed by atoms with Crippen LogP contribution in [0.5, 0.6) is 5.75 Å². The molecular formula is C18H20FN5OS. The van der Waals surface area contributed by atoms with Gasteiger partial charge in [0.15, 0.2) is 0 Å². The molecule has 0 unspecified atom stereocenters. The highest BCUT2D eigenvalue weighted by atomic mass is 32.2. The third kappa shape index (κ3) is 5.53. The maximum absolute atomic E-state index is 12.9. The van der Waals surface area contributed by atoms with Crippen LogP contribution in [0.3, 0.4) is 0 Å². The number of aromatic nitrogens is 4. The number of thioether (sulfide) groups is 1. The van der Waals surface area contributed by atoms with Crippen LogP contribution >= 0.6 is 11.8 Å². The third-order valence-corrected chi connectivity index (χ3v) is 4.65. The van der Waals surface area contributed by atoms with Crippen LogP contribution in [-0.2, 0) is 20.2 Å². The molecule has 0 amide bonds. The fourth-order valence-electron chi connectivity index (χ4n) is 2.28. The summed E-state index contributed by atoms with van der Waals surface area (Å²) in [6, 6.07) is 14.3. The van der Waals surface area contributed by atoms with Gasteiger partial charge in [0.05, 0.1) is 0 Å². The summed E-state index contributed by atoms with van der Waals surface area (Å²) >= 11 is 1.61. The summed E-state index contributed by atoms with van der Waals surface area (Å²) in [5.74, 6) is 1.44. The van der Waals surface area contributed by atoms with Crippen molar-refractivity contribution >= 4 is 11.8 Å². The summed E-state index contributed by atoms with van der Waals surface area (Å²) in [6.07, 6.45) is 0. The molecule has 0 aliphatic rings. The first-order valence-electron chi connectivity index (χ1n) is 8.23. The van der Waals surface area contributed by atoms with Gasteiger partial charge in [-0.3, -0.25) is 0 Å². The Labute approximate surface area is 155 Å². The number of benzene rings is 2. The molecule has 0 aliphatic carbocycles. The first-order chi connectivity index (χ1) is 12.7. The summed E-state index contributed by atoms with van der Waals surface area (Å²) in [6.45, 7) is 2.02. The highest BCUT2D eigenvalue weighted by Crippen LogP contribution is 2.16. The lowest BCUT2D eigenvalue weighted by atomic mass is 10.2. The molecule has 0 saturated carbocycles. The van der Waals surface area contributed by atoms with Crippen LogP contribution in [-0.4, -0.2) is 32.5 Å². The smallest absolute Gasteiger partial charge is 0.209 e. The average molecular weight is 373 g/mol. The highest BCUT2D eigenvalue weighted by Gasteiger charge is 2.02. The lowest BCUT2D eigenvalue weighted by Crippen LogP contribution is -2.16. The molecule has 0 fully saturated rings. The van der Waals surface area contributed by atoms with Crippen molar-refractivity contribution < 1.29 is 9.13 Å². The van der Waals surface area contributed by atoms with Crippen molar-refractivity contribution in [1.82, 2.24) is 25.5 Å². The molecule has 0 saturated heterocycles. The molecule has 26 heavy (non-hydrogen) atoms. The Balaban J connectivity index is 1.40. The number of nitrogens with zero attached hydrogens (tertiary/aromatic N) is 4. The number of tetrazole rings is 1. The van der Waals surface area contributed by atoms with Crippen LogP contribution in [0.15, 0.2) is 53.7 Å². The Hall–Kier alpha value is -2.45. The van der Waals surface area contributed by atoms with E-state index in [4.69, 9.17) is 4.74 Å². The molecule has 0 atom stereocenters. The van der Waals surface area contributed by atoms with Crippen LogP contribution in [0.2, 0.25) is 0 Å². The maximum atomic E-state index is 12.9. The van der Waals surface area contributed by atoms with Gasteiger partial charge in [0.2, 0.25) is 5.16 Å². The van der Waals surface area contributed by atoms with Crippen LogP contribution < -0.4 is 10.1 Å². The summed E-state index contributed by atoms with van der Waals surface area (Å²) in [5.41, 5.74) is 2.08. The van der Waals surface area contributed by atoms with Crippen LogP contribution in [0, 0.1) is 5.82 Å². The van der Waals surface area contributed by atoms with E-state index in [0.29, 0.717) is 6.61 Å². The molecule has 1 N–H and O–H groups in total. The molecule has 0 spiro atoms. The summed E-state index contributed by atoms with van der Waals surface area (Å²) in [7, 11) is 1.83. The van der Waals surface area contributed by atoms with Gasteiger partial charge in [0.1, 0.15) is 18.2 Å². The topological polar surface area (TPSA) is 64.9 Å². The number of hydrogen-bond donors (Lipinski definition) is 1. The number of aryl methyl sites for hydroxylation is 1. The molecular weight excluding hydrogens is 353 g/mol. The van der Waals surface area contributed by atoms with Gasteiger partial charge in [-0.05, 0) is 45.8 Å². The predicted molar refractivity (Wildman–Crippen MR) is 98.4 cm³/mol. The van der Waals surface area contributed by atoms with E-state index in [1.807, 2.05) is 25.2 Å². The summed E-state index contributed by atoms with van der Waals surface area (Å²) in [5, 5.41) is 15.5. The van der Waals surface area contributed by atoms with Gasteiger partial charge >= 0.3 is 0 Å². The SMILES string of the molecule is Cn1nnnc1SCCNCc1cccc(OCc2ccc(F)cc2)c1. The second kappa shape index (κ2) is 9.30. The molecule has 136 valence electrons. The van der Waals surface area contributed by atoms with E-state index < -0.39 is 0 Å². The zero-order chi connectivity index (χ0) is 18.2. The van der Waals surface area contributed by atoms with Gasteiger partial charge in [-0.1, -0.05) is 36.0 Å². The van der Waals surface area contributed by atoms with Crippen molar-refractivity contribution in [1.29, 1.82) is 0 Å². The number of hydrogen-bond acceptors (Lipinski definition) is 6. The van der Waals surface area contributed by atoms with Crippen molar-refractivity contribution in [2.75, 3.05) is 12.3 Å². The molecule has 8 heteroatoms. The minimum Gasteiger partial charge on any atom is -0.489 e. The Morgan fingerprint density at radius 1 is 1.15 bits per heavy atom. The number of halogens is 1. The lowest BCUT2D eigenvalue weighted by molar-refractivity contribution is 0.305. The lowest BCUT2D eigenvalue weighted by Gasteiger charge is -2.09. The van der Waals surface area contributed by atoms with Crippen LogP contribution in [0.4, 0.5) is 4.39 Å². The van der Waals surface area contributed by atoms with Gasteiger partial charge in [0, 0.05) is 25.9 Å². The molecule has 3 rings (SSSR count). The van der Waals surface area contributed by atoms with E-state index in [1.54, 1.807) is 28.6 Å². The Kier molecular flexibility index (Phi) is 6.56.